The van der Waals surface area contributed by atoms with Crippen molar-refractivity contribution in [1.29, 1.82) is 0 Å². The lowest BCUT2D eigenvalue weighted by molar-refractivity contribution is -0.121. The van der Waals surface area contributed by atoms with E-state index in [1.807, 2.05) is 0 Å². The first-order chi connectivity index (χ1) is 8.97. The lowest BCUT2D eigenvalue weighted by Crippen LogP contribution is -2.25. The predicted octanol–water partition coefficient (Wildman–Crippen LogP) is 1.16. The van der Waals surface area contributed by atoms with Gasteiger partial charge in [0.1, 0.15) is 11.3 Å². The average molecular weight is 281 g/mol. The van der Waals surface area contributed by atoms with Crippen LogP contribution in [0.15, 0.2) is 30.3 Å². The molecule has 0 aliphatic carbocycles. The molecule has 0 aliphatic rings. The fourth-order valence-electron chi connectivity index (χ4n) is 1.84. The van der Waals surface area contributed by atoms with E-state index in [1.165, 1.54) is 0 Å². The molecule has 5 nitrogen and oxygen atoms in total. The van der Waals surface area contributed by atoms with Crippen molar-refractivity contribution < 1.29 is 15.0 Å². The number of aliphatic hydroxyl groups is 2. The Morgan fingerprint density at radius 2 is 2.05 bits per heavy atom. The van der Waals surface area contributed by atoms with E-state index in [0.717, 1.165) is 5.39 Å². The summed E-state index contributed by atoms with van der Waals surface area (Å²) in [6.07, 6.45) is -2.69. The highest BCUT2D eigenvalue weighted by Gasteiger charge is 2.20. The first-order valence-corrected chi connectivity index (χ1v) is 6.06. The third-order valence-corrected chi connectivity index (χ3v) is 3.01. The zero-order chi connectivity index (χ0) is 14.0. The van der Waals surface area contributed by atoms with E-state index in [9.17, 15) is 15.0 Å². The maximum atomic E-state index is 10.7. The van der Waals surface area contributed by atoms with Crippen LogP contribution in [0.2, 0.25) is 5.15 Å². The number of hydrogen-bond acceptors (Lipinski definition) is 4. The van der Waals surface area contributed by atoms with Crippen LogP contribution in [0.5, 0.6) is 0 Å². The molecule has 2 atom stereocenters. The maximum Gasteiger partial charge on any atom is 0.220 e. The Labute approximate surface area is 114 Å². The van der Waals surface area contributed by atoms with Gasteiger partial charge in [0, 0.05) is 5.39 Å². The molecule has 0 saturated heterocycles. The Bertz CT molecular complexity index is 618. The van der Waals surface area contributed by atoms with Gasteiger partial charge in [-0.2, -0.15) is 0 Å². The Morgan fingerprint density at radius 3 is 2.74 bits per heavy atom. The van der Waals surface area contributed by atoms with Gasteiger partial charge >= 0.3 is 0 Å². The number of nitrogens with zero attached hydrogens (tertiary/aromatic N) is 1. The van der Waals surface area contributed by atoms with Crippen molar-refractivity contribution in [3.05, 3.63) is 41.0 Å². The molecule has 0 fully saturated rings. The number of primary amides is 1. The number of aromatic nitrogens is 1. The van der Waals surface area contributed by atoms with Gasteiger partial charge in [0.15, 0.2) is 0 Å². The largest absolute Gasteiger partial charge is 0.390 e. The Kier molecular flexibility index (Phi) is 3.99. The van der Waals surface area contributed by atoms with Gasteiger partial charge < -0.3 is 15.9 Å². The van der Waals surface area contributed by atoms with E-state index in [2.05, 4.69) is 4.98 Å². The molecule has 1 amide bonds. The summed E-state index contributed by atoms with van der Waals surface area (Å²) in [5.41, 5.74) is 6.16. The first kappa shape index (κ1) is 13.7. The number of carbonyl (C=O) groups is 1. The fraction of sp³-hybridized carbons (Fsp3) is 0.231. The van der Waals surface area contributed by atoms with Crippen LogP contribution in [0.3, 0.4) is 0 Å². The SMILES string of the molecule is NC(=O)CC(O)C(O)c1ccc2nc(Cl)ccc2c1. The van der Waals surface area contributed by atoms with Crippen LogP contribution in [0.4, 0.5) is 0 Å². The van der Waals surface area contributed by atoms with Crippen molar-refractivity contribution >= 4 is 28.4 Å². The number of amides is 1. The molecule has 0 radical (unpaired) electrons. The van der Waals surface area contributed by atoms with E-state index in [1.54, 1.807) is 30.3 Å². The van der Waals surface area contributed by atoms with Gasteiger partial charge in [-0.15, -0.1) is 0 Å². The van der Waals surface area contributed by atoms with Gasteiger partial charge in [-0.1, -0.05) is 17.7 Å². The molecule has 2 aromatic rings. The molecule has 2 unspecified atom stereocenters. The normalized spacial score (nSPS) is 14.3. The molecule has 1 heterocycles. The maximum absolute atomic E-state index is 10.7. The number of halogens is 1. The zero-order valence-electron chi connectivity index (χ0n) is 9.95. The topological polar surface area (TPSA) is 96.4 Å². The highest BCUT2D eigenvalue weighted by Crippen LogP contribution is 2.23. The third-order valence-electron chi connectivity index (χ3n) is 2.80. The van der Waals surface area contributed by atoms with Crippen molar-refractivity contribution in [1.82, 2.24) is 4.98 Å². The second-order valence-electron chi connectivity index (χ2n) is 4.27. The number of benzene rings is 1. The molecule has 1 aromatic carbocycles. The van der Waals surface area contributed by atoms with Crippen LogP contribution in [0, 0.1) is 0 Å². The molecule has 4 N–H and O–H groups in total. The van der Waals surface area contributed by atoms with Crippen molar-refractivity contribution in [3.8, 4) is 0 Å². The summed E-state index contributed by atoms with van der Waals surface area (Å²) in [4.78, 5) is 14.8. The Morgan fingerprint density at radius 1 is 1.32 bits per heavy atom. The summed E-state index contributed by atoms with van der Waals surface area (Å²) < 4.78 is 0. The monoisotopic (exact) mass is 280 g/mol. The molecule has 0 saturated carbocycles. The molecule has 19 heavy (non-hydrogen) atoms. The van der Waals surface area contributed by atoms with Gasteiger partial charge in [0.25, 0.3) is 0 Å². The first-order valence-electron chi connectivity index (χ1n) is 5.68. The Hall–Kier alpha value is -1.69. The van der Waals surface area contributed by atoms with Gasteiger partial charge in [-0.05, 0) is 29.8 Å². The van der Waals surface area contributed by atoms with Gasteiger partial charge in [0.2, 0.25) is 5.91 Å². The smallest absolute Gasteiger partial charge is 0.220 e. The van der Waals surface area contributed by atoms with Gasteiger partial charge in [0.05, 0.1) is 18.0 Å². The molecular weight excluding hydrogens is 268 g/mol. The van der Waals surface area contributed by atoms with Crippen LogP contribution in [0.25, 0.3) is 10.9 Å². The second-order valence-corrected chi connectivity index (χ2v) is 4.66. The molecular formula is C13H13ClN2O3. The van der Waals surface area contributed by atoms with Crippen molar-refractivity contribution in [2.75, 3.05) is 0 Å². The average Bonchev–Trinajstić information content (AvgIpc) is 2.36. The van der Waals surface area contributed by atoms with Crippen LogP contribution in [-0.4, -0.2) is 27.2 Å². The number of carbonyl (C=O) groups excluding carboxylic acids is 1. The van der Waals surface area contributed by atoms with E-state index >= 15 is 0 Å². The molecule has 0 bridgehead atoms. The Balaban J connectivity index is 2.30. The number of pyridine rings is 1. The minimum atomic E-state index is -1.23. The molecule has 0 spiro atoms. The fourth-order valence-corrected chi connectivity index (χ4v) is 2.00. The summed E-state index contributed by atoms with van der Waals surface area (Å²) >= 11 is 5.78. The lowest BCUT2D eigenvalue weighted by atomic mass is 10.0. The zero-order valence-corrected chi connectivity index (χ0v) is 10.7. The van der Waals surface area contributed by atoms with E-state index in [0.29, 0.717) is 16.2 Å². The van der Waals surface area contributed by atoms with Crippen LogP contribution >= 0.6 is 11.6 Å². The number of nitrogens with two attached hydrogens (primary N) is 1. The summed E-state index contributed by atoms with van der Waals surface area (Å²) in [5, 5.41) is 20.8. The number of rotatable bonds is 4. The van der Waals surface area contributed by atoms with E-state index in [4.69, 9.17) is 17.3 Å². The minimum Gasteiger partial charge on any atom is -0.390 e. The molecule has 100 valence electrons. The summed E-state index contributed by atoms with van der Waals surface area (Å²) in [7, 11) is 0. The molecule has 6 heteroatoms. The highest BCUT2D eigenvalue weighted by atomic mass is 35.5. The van der Waals surface area contributed by atoms with E-state index < -0.39 is 18.1 Å². The number of aliphatic hydroxyl groups excluding tert-OH is 2. The minimum absolute atomic E-state index is 0.294. The predicted molar refractivity (Wildman–Crippen MR) is 71.5 cm³/mol. The molecule has 0 aliphatic heterocycles. The second kappa shape index (κ2) is 5.52. The highest BCUT2D eigenvalue weighted by molar-refractivity contribution is 6.29. The lowest BCUT2D eigenvalue weighted by Gasteiger charge is -2.17. The van der Waals surface area contributed by atoms with Crippen molar-refractivity contribution in [2.45, 2.75) is 18.6 Å². The summed E-state index contributed by atoms with van der Waals surface area (Å²) in [6, 6.07) is 8.41. The number of fused-ring (bicyclic) bond motifs is 1. The van der Waals surface area contributed by atoms with Crippen LogP contribution < -0.4 is 5.73 Å². The quantitative estimate of drug-likeness (QED) is 0.732. The van der Waals surface area contributed by atoms with Crippen LogP contribution in [-0.2, 0) is 4.79 Å². The standard InChI is InChI=1S/C13H13ClN2O3/c14-11-4-2-7-5-8(1-3-9(7)16-11)13(19)10(17)6-12(15)18/h1-5,10,13,17,19H,6H2,(H2,15,18). The summed E-state index contributed by atoms with van der Waals surface area (Å²) in [5.74, 6) is -0.666. The number of hydrogen-bond donors (Lipinski definition) is 3. The summed E-state index contributed by atoms with van der Waals surface area (Å²) in [6.45, 7) is 0. The molecule has 1 aromatic heterocycles. The van der Waals surface area contributed by atoms with Gasteiger partial charge in [-0.25, -0.2) is 4.98 Å². The van der Waals surface area contributed by atoms with Gasteiger partial charge in [-0.3, -0.25) is 4.79 Å². The van der Waals surface area contributed by atoms with E-state index in [-0.39, 0.29) is 6.42 Å². The third kappa shape index (κ3) is 3.20. The van der Waals surface area contributed by atoms with Crippen molar-refractivity contribution in [2.24, 2.45) is 5.73 Å². The molecule has 2 rings (SSSR count). The van der Waals surface area contributed by atoms with Crippen LogP contribution in [0.1, 0.15) is 18.1 Å². The van der Waals surface area contributed by atoms with Crippen molar-refractivity contribution in [3.63, 3.8) is 0 Å².